The first-order chi connectivity index (χ1) is 7.58. The number of carbonyl (C=O) groups excluding carboxylic acids is 1. The van der Waals surface area contributed by atoms with Gasteiger partial charge in [0.15, 0.2) is 0 Å². The van der Waals surface area contributed by atoms with Crippen molar-refractivity contribution in [2.24, 2.45) is 10.8 Å². The molecule has 1 aliphatic rings. The molecule has 4 heteroatoms. The minimum absolute atomic E-state index is 0.448. The second kappa shape index (κ2) is 3.96. The number of hydrogen-bond acceptors (Lipinski definition) is 2. The smallest absolute Gasteiger partial charge is 0.332 e. The van der Waals surface area contributed by atoms with E-state index in [1.54, 1.807) is 0 Å². The molecule has 0 aromatic heterocycles. The summed E-state index contributed by atoms with van der Waals surface area (Å²) in [4.78, 5) is 10.6. The Morgan fingerprint density at radius 1 is 1.56 bits per heavy atom. The van der Waals surface area contributed by atoms with Crippen LogP contribution in [0.2, 0.25) is 0 Å². The SMILES string of the molecule is Cc1ccc2c(c1)/C(=N/NC(N)=O)CC2C. The fourth-order valence-electron chi connectivity index (χ4n) is 2.09. The molecule has 4 nitrogen and oxygen atoms in total. The number of nitrogens with zero attached hydrogens (tertiary/aromatic N) is 1. The number of fused-ring (bicyclic) bond motifs is 1. The number of hydrazone groups is 1. The van der Waals surface area contributed by atoms with Crippen LogP contribution in [0.3, 0.4) is 0 Å². The Morgan fingerprint density at radius 3 is 3.00 bits per heavy atom. The van der Waals surface area contributed by atoms with E-state index in [0.717, 1.165) is 17.7 Å². The van der Waals surface area contributed by atoms with Crippen molar-refractivity contribution in [3.8, 4) is 0 Å². The molecule has 1 aromatic rings. The van der Waals surface area contributed by atoms with Gasteiger partial charge in [0.05, 0.1) is 5.71 Å². The molecule has 0 spiro atoms. The molecule has 0 saturated heterocycles. The zero-order chi connectivity index (χ0) is 11.7. The third-order valence-corrected chi connectivity index (χ3v) is 2.85. The van der Waals surface area contributed by atoms with Crippen LogP contribution < -0.4 is 11.2 Å². The van der Waals surface area contributed by atoms with Gasteiger partial charge in [0.2, 0.25) is 0 Å². The summed E-state index contributed by atoms with van der Waals surface area (Å²) in [5, 5.41) is 4.05. The van der Waals surface area contributed by atoms with E-state index < -0.39 is 6.03 Å². The monoisotopic (exact) mass is 217 g/mol. The molecule has 1 aromatic carbocycles. The largest absolute Gasteiger partial charge is 0.350 e. The molecule has 0 bridgehead atoms. The number of carbonyl (C=O) groups is 1. The van der Waals surface area contributed by atoms with Crippen LogP contribution in [-0.4, -0.2) is 11.7 Å². The summed E-state index contributed by atoms with van der Waals surface area (Å²) in [7, 11) is 0. The highest BCUT2D eigenvalue weighted by atomic mass is 16.2. The Labute approximate surface area is 94.5 Å². The van der Waals surface area contributed by atoms with Crippen LogP contribution in [0.15, 0.2) is 23.3 Å². The summed E-state index contributed by atoms with van der Waals surface area (Å²) < 4.78 is 0. The molecular formula is C12H15N3O. The molecule has 0 radical (unpaired) electrons. The summed E-state index contributed by atoms with van der Waals surface area (Å²) in [5.41, 5.74) is 11.8. The van der Waals surface area contributed by atoms with Gasteiger partial charge in [-0.05, 0) is 30.9 Å². The van der Waals surface area contributed by atoms with Crippen molar-refractivity contribution in [2.75, 3.05) is 0 Å². The normalized spacial score (nSPS) is 20.9. The van der Waals surface area contributed by atoms with Crippen LogP contribution in [0, 0.1) is 6.92 Å². The van der Waals surface area contributed by atoms with Crippen molar-refractivity contribution >= 4 is 11.7 Å². The lowest BCUT2D eigenvalue weighted by atomic mass is 10.0. The van der Waals surface area contributed by atoms with E-state index in [-0.39, 0.29) is 0 Å². The van der Waals surface area contributed by atoms with E-state index in [1.165, 1.54) is 11.1 Å². The highest BCUT2D eigenvalue weighted by Gasteiger charge is 2.24. The predicted molar refractivity (Wildman–Crippen MR) is 63.5 cm³/mol. The molecule has 84 valence electrons. The molecule has 16 heavy (non-hydrogen) atoms. The van der Waals surface area contributed by atoms with E-state index in [2.05, 4.69) is 35.7 Å². The van der Waals surface area contributed by atoms with Crippen molar-refractivity contribution in [3.05, 3.63) is 34.9 Å². The minimum Gasteiger partial charge on any atom is -0.350 e. The highest BCUT2D eigenvalue weighted by molar-refractivity contribution is 6.05. The maximum atomic E-state index is 10.6. The van der Waals surface area contributed by atoms with Crippen LogP contribution in [0.1, 0.15) is 36.0 Å². The van der Waals surface area contributed by atoms with Crippen LogP contribution in [0.25, 0.3) is 0 Å². The molecule has 0 saturated carbocycles. The van der Waals surface area contributed by atoms with Crippen molar-refractivity contribution in [2.45, 2.75) is 26.2 Å². The highest BCUT2D eigenvalue weighted by Crippen LogP contribution is 2.33. The number of amides is 2. The van der Waals surface area contributed by atoms with Crippen LogP contribution >= 0.6 is 0 Å². The zero-order valence-electron chi connectivity index (χ0n) is 9.45. The molecule has 3 N–H and O–H groups in total. The number of urea groups is 1. The van der Waals surface area contributed by atoms with E-state index in [4.69, 9.17) is 5.73 Å². The van der Waals surface area contributed by atoms with Gasteiger partial charge in [-0.15, -0.1) is 0 Å². The first-order valence-electron chi connectivity index (χ1n) is 5.31. The van der Waals surface area contributed by atoms with Gasteiger partial charge in [-0.2, -0.15) is 5.10 Å². The topological polar surface area (TPSA) is 67.5 Å². The molecule has 1 unspecified atom stereocenters. The van der Waals surface area contributed by atoms with Crippen molar-refractivity contribution in [1.82, 2.24) is 5.43 Å². The Morgan fingerprint density at radius 2 is 2.31 bits per heavy atom. The molecule has 0 heterocycles. The molecular weight excluding hydrogens is 202 g/mol. The number of hydrogen-bond donors (Lipinski definition) is 2. The van der Waals surface area contributed by atoms with Crippen molar-refractivity contribution < 1.29 is 4.79 Å². The standard InChI is InChI=1S/C12H15N3O/c1-7-3-4-9-8(2)6-11(10(9)5-7)14-15-12(13)16/h3-5,8H,6H2,1-2H3,(H3,13,15,16)/b14-11+. The fraction of sp³-hybridized carbons (Fsp3) is 0.333. The first kappa shape index (κ1) is 10.7. The Bertz CT molecular complexity index is 465. The number of nitrogens with one attached hydrogen (secondary N) is 1. The molecule has 1 atom stereocenters. The average molecular weight is 217 g/mol. The van der Waals surface area contributed by atoms with Gasteiger partial charge in [-0.1, -0.05) is 24.6 Å². The lowest BCUT2D eigenvalue weighted by molar-refractivity contribution is 0.249. The van der Waals surface area contributed by atoms with Gasteiger partial charge < -0.3 is 5.73 Å². The Hall–Kier alpha value is -1.84. The van der Waals surface area contributed by atoms with Gasteiger partial charge in [0.1, 0.15) is 0 Å². The number of rotatable bonds is 1. The fourth-order valence-corrected chi connectivity index (χ4v) is 2.09. The molecule has 0 aliphatic heterocycles. The maximum absolute atomic E-state index is 10.6. The summed E-state index contributed by atoms with van der Waals surface area (Å²) in [6, 6.07) is 5.70. The number of nitrogens with two attached hydrogens (primary N) is 1. The lowest BCUT2D eigenvalue weighted by Gasteiger charge is -2.03. The van der Waals surface area contributed by atoms with E-state index in [0.29, 0.717) is 5.92 Å². The molecule has 0 fully saturated rings. The summed E-state index contributed by atoms with van der Waals surface area (Å²) >= 11 is 0. The molecule has 1 aliphatic carbocycles. The van der Waals surface area contributed by atoms with E-state index >= 15 is 0 Å². The molecule has 2 rings (SSSR count). The van der Waals surface area contributed by atoms with Gasteiger partial charge in [-0.25, -0.2) is 10.2 Å². The zero-order valence-corrected chi connectivity index (χ0v) is 9.45. The summed E-state index contributed by atoms with van der Waals surface area (Å²) in [6.07, 6.45) is 0.846. The average Bonchev–Trinajstić information content (AvgIpc) is 2.52. The van der Waals surface area contributed by atoms with Gasteiger partial charge in [0, 0.05) is 5.56 Å². The maximum Gasteiger partial charge on any atom is 0.332 e. The number of primary amides is 1. The summed E-state index contributed by atoms with van der Waals surface area (Å²) in [5.74, 6) is 0.448. The first-order valence-corrected chi connectivity index (χ1v) is 5.31. The third-order valence-electron chi connectivity index (χ3n) is 2.85. The van der Waals surface area contributed by atoms with Crippen molar-refractivity contribution in [3.63, 3.8) is 0 Å². The Kier molecular flexibility index (Phi) is 2.64. The summed E-state index contributed by atoms with van der Waals surface area (Å²) in [6.45, 7) is 4.20. The van der Waals surface area contributed by atoms with Gasteiger partial charge in [-0.3, -0.25) is 0 Å². The van der Waals surface area contributed by atoms with Crippen LogP contribution in [0.4, 0.5) is 4.79 Å². The predicted octanol–water partition coefficient (Wildman–Crippen LogP) is 1.87. The van der Waals surface area contributed by atoms with Crippen molar-refractivity contribution in [1.29, 1.82) is 0 Å². The third kappa shape index (κ3) is 1.91. The lowest BCUT2D eigenvalue weighted by Crippen LogP contribution is -2.25. The minimum atomic E-state index is -0.624. The number of benzene rings is 1. The Balaban J connectivity index is 2.37. The van der Waals surface area contributed by atoms with Gasteiger partial charge >= 0.3 is 6.03 Å². The second-order valence-corrected chi connectivity index (χ2v) is 4.23. The molecule has 2 amide bonds. The second-order valence-electron chi connectivity index (χ2n) is 4.23. The van der Waals surface area contributed by atoms with E-state index in [9.17, 15) is 4.79 Å². The number of aryl methyl sites for hydroxylation is 1. The van der Waals surface area contributed by atoms with E-state index in [1.807, 2.05) is 6.92 Å². The van der Waals surface area contributed by atoms with Crippen LogP contribution in [-0.2, 0) is 0 Å². The van der Waals surface area contributed by atoms with Crippen LogP contribution in [0.5, 0.6) is 0 Å². The van der Waals surface area contributed by atoms with Gasteiger partial charge in [0.25, 0.3) is 0 Å². The quantitative estimate of drug-likeness (QED) is 0.693.